The molecule has 0 radical (unpaired) electrons. The smallest absolute Gasteiger partial charge is 0.281 e. The Kier molecular flexibility index (Phi) is 4.49. The van der Waals surface area contributed by atoms with Gasteiger partial charge >= 0.3 is 0 Å². The van der Waals surface area contributed by atoms with E-state index in [1.807, 2.05) is 0 Å². The van der Waals surface area contributed by atoms with E-state index in [-0.39, 0.29) is 5.03 Å². The molecular weight excluding hydrogens is 292 g/mol. The second-order valence-electron chi connectivity index (χ2n) is 4.43. The maximum Gasteiger partial charge on any atom is 0.281 e. The van der Waals surface area contributed by atoms with Crippen LogP contribution in [0.15, 0.2) is 35.5 Å². The van der Waals surface area contributed by atoms with Crippen molar-refractivity contribution in [1.29, 1.82) is 0 Å². The molecule has 0 fully saturated rings. The first-order valence-electron chi connectivity index (χ1n) is 6.30. The molecule has 1 aromatic carbocycles. The average Bonchev–Trinajstić information content (AvgIpc) is 2.96. The molecule has 7 nitrogen and oxygen atoms in total. The molecule has 21 heavy (non-hydrogen) atoms. The minimum Gasteiger partial charge on any atom is -0.497 e. The van der Waals surface area contributed by atoms with Crippen molar-refractivity contribution >= 4 is 15.7 Å². The Hall–Kier alpha value is -2.06. The van der Waals surface area contributed by atoms with Crippen LogP contribution in [0.1, 0.15) is 5.56 Å². The highest BCUT2D eigenvalue weighted by Crippen LogP contribution is 2.25. The Labute approximate surface area is 124 Å². The molecule has 1 heterocycles. The van der Waals surface area contributed by atoms with Crippen LogP contribution in [-0.2, 0) is 16.6 Å². The summed E-state index contributed by atoms with van der Waals surface area (Å²) in [7, 11) is 1.07. The largest absolute Gasteiger partial charge is 0.497 e. The maximum absolute atomic E-state index is 12.7. The van der Waals surface area contributed by atoms with E-state index in [9.17, 15) is 8.42 Å². The van der Waals surface area contributed by atoms with Gasteiger partial charge in [-0.25, -0.2) is 0 Å². The fourth-order valence-electron chi connectivity index (χ4n) is 1.92. The Morgan fingerprint density at radius 3 is 2.86 bits per heavy atom. The van der Waals surface area contributed by atoms with Gasteiger partial charge < -0.3 is 10.1 Å². The number of nitrogens with zero attached hydrogens (tertiary/aromatic N) is 2. The van der Waals surface area contributed by atoms with Gasteiger partial charge in [0.15, 0.2) is 5.03 Å². The highest BCUT2D eigenvalue weighted by atomic mass is 32.2. The Bertz CT molecular complexity index is 712. The molecule has 8 heteroatoms. The van der Waals surface area contributed by atoms with Gasteiger partial charge in [0.05, 0.1) is 19.0 Å². The van der Waals surface area contributed by atoms with Crippen molar-refractivity contribution in [2.45, 2.75) is 11.6 Å². The van der Waals surface area contributed by atoms with E-state index in [1.165, 1.54) is 24.7 Å². The van der Waals surface area contributed by atoms with Gasteiger partial charge in [0, 0.05) is 25.2 Å². The third-order valence-electron chi connectivity index (χ3n) is 3.08. The van der Waals surface area contributed by atoms with E-state index >= 15 is 0 Å². The highest BCUT2D eigenvalue weighted by Gasteiger charge is 2.26. The van der Waals surface area contributed by atoms with Gasteiger partial charge in [0.2, 0.25) is 0 Å². The number of H-pyrrole nitrogens is 1. The van der Waals surface area contributed by atoms with Crippen LogP contribution < -0.4 is 14.4 Å². The summed E-state index contributed by atoms with van der Waals surface area (Å²) in [5, 5.41) is 9.38. The zero-order valence-electron chi connectivity index (χ0n) is 12.1. The number of anilines is 1. The Balaban J connectivity index is 2.40. The number of hydrogen-bond acceptors (Lipinski definition) is 5. The van der Waals surface area contributed by atoms with Crippen molar-refractivity contribution in [2.75, 3.05) is 25.5 Å². The fourth-order valence-corrected chi connectivity index (χ4v) is 3.21. The lowest BCUT2D eigenvalue weighted by Crippen LogP contribution is -2.28. The molecule has 0 aliphatic rings. The second-order valence-corrected chi connectivity index (χ2v) is 6.33. The van der Waals surface area contributed by atoms with Crippen LogP contribution in [0.4, 0.5) is 5.69 Å². The van der Waals surface area contributed by atoms with E-state index < -0.39 is 10.0 Å². The first-order valence-corrected chi connectivity index (χ1v) is 7.74. The van der Waals surface area contributed by atoms with Crippen LogP contribution in [-0.4, -0.2) is 39.8 Å². The maximum atomic E-state index is 12.7. The standard InChI is InChI=1S/C13H18N4O3S/c1-14-8-10-9-15-16-13(10)21(18,19)17(2)11-5-4-6-12(7-11)20-3/h4-7,9,14H,8H2,1-3H3,(H,15,16). The van der Waals surface area contributed by atoms with Gasteiger partial charge in [-0.1, -0.05) is 6.07 Å². The molecule has 0 aliphatic heterocycles. The molecule has 2 N–H and O–H groups in total. The molecule has 0 amide bonds. The lowest BCUT2D eigenvalue weighted by atomic mass is 10.3. The quantitative estimate of drug-likeness (QED) is 0.830. The molecule has 2 rings (SSSR count). The van der Waals surface area contributed by atoms with Gasteiger partial charge in [-0.15, -0.1) is 0 Å². The summed E-state index contributed by atoms with van der Waals surface area (Å²) in [4.78, 5) is 0. The van der Waals surface area contributed by atoms with Crippen molar-refractivity contribution in [3.8, 4) is 5.75 Å². The Morgan fingerprint density at radius 2 is 2.19 bits per heavy atom. The molecule has 1 aromatic heterocycles. The van der Waals surface area contributed by atoms with Crippen LogP contribution >= 0.6 is 0 Å². The monoisotopic (exact) mass is 310 g/mol. The zero-order chi connectivity index (χ0) is 15.5. The first kappa shape index (κ1) is 15.3. The van der Waals surface area contributed by atoms with Gasteiger partial charge in [-0.05, 0) is 19.2 Å². The van der Waals surface area contributed by atoms with E-state index in [0.29, 0.717) is 23.5 Å². The molecule has 0 saturated carbocycles. The SMILES string of the molecule is CNCc1cn[nH]c1S(=O)(=O)N(C)c1cccc(OC)c1. The molecule has 0 atom stereocenters. The van der Waals surface area contributed by atoms with Crippen molar-refractivity contribution in [3.63, 3.8) is 0 Å². The summed E-state index contributed by atoms with van der Waals surface area (Å²) in [5.74, 6) is 0.592. The summed E-state index contributed by atoms with van der Waals surface area (Å²) >= 11 is 0. The molecule has 0 aliphatic carbocycles. The number of methoxy groups -OCH3 is 1. The Morgan fingerprint density at radius 1 is 1.43 bits per heavy atom. The van der Waals surface area contributed by atoms with Crippen molar-refractivity contribution in [2.24, 2.45) is 0 Å². The molecule has 0 spiro atoms. The second kappa shape index (κ2) is 6.15. The summed E-state index contributed by atoms with van der Waals surface area (Å²) in [6.45, 7) is 0.414. The van der Waals surface area contributed by atoms with E-state index in [2.05, 4.69) is 15.5 Å². The summed E-state index contributed by atoms with van der Waals surface area (Å²) in [5.41, 5.74) is 1.10. The molecular formula is C13H18N4O3S. The van der Waals surface area contributed by atoms with Gasteiger partial charge in [0.25, 0.3) is 10.0 Å². The molecule has 114 valence electrons. The van der Waals surface area contributed by atoms with Crippen LogP contribution in [0, 0.1) is 0 Å². The number of ether oxygens (including phenoxy) is 1. The number of aromatic amines is 1. The van der Waals surface area contributed by atoms with Crippen LogP contribution in [0.3, 0.4) is 0 Å². The van der Waals surface area contributed by atoms with Crippen LogP contribution in [0.5, 0.6) is 5.75 Å². The third-order valence-corrected chi connectivity index (χ3v) is 4.88. The van der Waals surface area contributed by atoms with Crippen molar-refractivity contribution in [3.05, 3.63) is 36.0 Å². The molecule has 0 bridgehead atoms. The summed E-state index contributed by atoms with van der Waals surface area (Å²) in [6.07, 6.45) is 1.50. The number of sulfonamides is 1. The van der Waals surface area contributed by atoms with Crippen molar-refractivity contribution in [1.82, 2.24) is 15.5 Å². The lowest BCUT2D eigenvalue weighted by molar-refractivity contribution is 0.415. The van der Waals surface area contributed by atoms with Gasteiger partial charge in [-0.3, -0.25) is 9.40 Å². The topological polar surface area (TPSA) is 87.3 Å². The number of rotatable bonds is 6. The van der Waals surface area contributed by atoms with Gasteiger partial charge in [0.1, 0.15) is 5.75 Å². The number of aromatic nitrogens is 2. The number of hydrogen-bond donors (Lipinski definition) is 2. The van der Waals surface area contributed by atoms with E-state index in [4.69, 9.17) is 4.74 Å². The summed E-state index contributed by atoms with van der Waals surface area (Å²) in [6, 6.07) is 6.86. The first-order chi connectivity index (χ1) is 10.0. The average molecular weight is 310 g/mol. The third kappa shape index (κ3) is 3.01. The number of benzene rings is 1. The minimum absolute atomic E-state index is 0.0853. The predicted molar refractivity (Wildman–Crippen MR) is 79.9 cm³/mol. The summed E-state index contributed by atoms with van der Waals surface area (Å²) < 4.78 is 31.7. The van der Waals surface area contributed by atoms with Gasteiger partial charge in [-0.2, -0.15) is 13.5 Å². The lowest BCUT2D eigenvalue weighted by Gasteiger charge is -2.19. The van der Waals surface area contributed by atoms with E-state index in [1.54, 1.807) is 31.3 Å². The zero-order valence-corrected chi connectivity index (χ0v) is 12.9. The highest BCUT2D eigenvalue weighted by molar-refractivity contribution is 7.92. The van der Waals surface area contributed by atoms with E-state index in [0.717, 1.165) is 0 Å². The minimum atomic E-state index is -3.71. The molecule has 0 saturated heterocycles. The molecule has 2 aromatic rings. The normalized spacial score (nSPS) is 11.4. The van der Waals surface area contributed by atoms with Crippen molar-refractivity contribution < 1.29 is 13.2 Å². The number of nitrogens with one attached hydrogen (secondary N) is 2. The predicted octanol–water partition coefficient (Wildman–Crippen LogP) is 0.963. The van der Waals surface area contributed by atoms with Crippen LogP contribution in [0.25, 0.3) is 0 Å². The fraction of sp³-hybridized carbons (Fsp3) is 0.308. The van der Waals surface area contributed by atoms with Crippen LogP contribution in [0.2, 0.25) is 0 Å². The molecule has 0 unspecified atom stereocenters.